The highest BCUT2D eigenvalue weighted by molar-refractivity contribution is 9.10. The molecule has 0 heterocycles. The second-order valence-electron chi connectivity index (χ2n) is 3.90. The van der Waals surface area contributed by atoms with E-state index in [2.05, 4.69) is 15.9 Å². The summed E-state index contributed by atoms with van der Waals surface area (Å²) in [5, 5.41) is -0.390. The van der Waals surface area contributed by atoms with Crippen LogP contribution in [0.15, 0.2) is 39.7 Å². The van der Waals surface area contributed by atoms with Gasteiger partial charge < -0.3 is 0 Å². The lowest BCUT2D eigenvalue weighted by Crippen LogP contribution is -2.14. The Kier molecular flexibility index (Phi) is 4.50. The van der Waals surface area contributed by atoms with Crippen LogP contribution in [0.1, 0.15) is 0 Å². The molecule has 0 saturated carbocycles. The van der Waals surface area contributed by atoms with Gasteiger partial charge in [0, 0.05) is 0 Å². The first kappa shape index (κ1) is 16.1. The zero-order chi connectivity index (χ0) is 15.8. The molecule has 0 aliphatic heterocycles. The summed E-state index contributed by atoms with van der Waals surface area (Å²) in [6.45, 7) is 0. The molecule has 0 saturated heterocycles. The topological polar surface area (TPSA) is 46.2 Å². The summed E-state index contributed by atoms with van der Waals surface area (Å²) < 4.78 is 65.4. The van der Waals surface area contributed by atoms with E-state index in [-0.39, 0.29) is 4.90 Å². The SMILES string of the molecule is O=S(=O)(Nc1ccc(F)c(Br)c1F)c1ccc(F)c(Cl)c1. The molecule has 0 spiro atoms. The predicted molar refractivity (Wildman–Crippen MR) is 76.3 cm³/mol. The highest BCUT2D eigenvalue weighted by atomic mass is 79.9. The van der Waals surface area contributed by atoms with Gasteiger partial charge in [-0.3, -0.25) is 4.72 Å². The van der Waals surface area contributed by atoms with Crippen LogP contribution in [0.4, 0.5) is 18.9 Å². The van der Waals surface area contributed by atoms with Gasteiger partial charge in [-0.1, -0.05) is 11.6 Å². The zero-order valence-corrected chi connectivity index (χ0v) is 13.2. The molecule has 0 fully saturated rings. The van der Waals surface area contributed by atoms with Crippen LogP contribution in [0.3, 0.4) is 0 Å². The zero-order valence-electron chi connectivity index (χ0n) is 10.0. The van der Waals surface area contributed by atoms with Crippen molar-refractivity contribution in [2.75, 3.05) is 4.72 Å². The molecule has 112 valence electrons. The Balaban J connectivity index is 2.42. The molecule has 3 nitrogen and oxygen atoms in total. The first-order valence-electron chi connectivity index (χ1n) is 5.34. The van der Waals surface area contributed by atoms with Gasteiger partial charge in [0.15, 0.2) is 5.82 Å². The van der Waals surface area contributed by atoms with Gasteiger partial charge in [-0.25, -0.2) is 21.6 Å². The van der Waals surface area contributed by atoms with E-state index in [0.29, 0.717) is 0 Å². The van der Waals surface area contributed by atoms with Crippen LogP contribution in [0.25, 0.3) is 0 Å². The van der Waals surface area contributed by atoms with E-state index < -0.39 is 42.7 Å². The van der Waals surface area contributed by atoms with Crippen LogP contribution in [0.2, 0.25) is 5.02 Å². The van der Waals surface area contributed by atoms with E-state index in [4.69, 9.17) is 11.6 Å². The average Bonchev–Trinajstić information content (AvgIpc) is 2.42. The van der Waals surface area contributed by atoms with Gasteiger partial charge in [-0.05, 0) is 46.3 Å². The molecule has 2 rings (SSSR count). The Labute approximate surface area is 131 Å². The van der Waals surface area contributed by atoms with Crippen LogP contribution >= 0.6 is 27.5 Å². The third-order valence-corrected chi connectivity index (χ3v) is 4.86. The maximum atomic E-state index is 13.8. The second kappa shape index (κ2) is 5.86. The van der Waals surface area contributed by atoms with Crippen LogP contribution in [-0.4, -0.2) is 8.42 Å². The predicted octanol–water partition coefficient (Wildman–Crippen LogP) is 4.32. The molecular formula is C12H6BrClF3NO2S. The maximum absolute atomic E-state index is 13.8. The summed E-state index contributed by atoms with van der Waals surface area (Å²) in [6, 6.07) is 4.55. The molecule has 0 bridgehead atoms. The lowest BCUT2D eigenvalue weighted by Gasteiger charge is -2.10. The number of hydrogen-bond acceptors (Lipinski definition) is 2. The van der Waals surface area contributed by atoms with Gasteiger partial charge >= 0.3 is 0 Å². The van der Waals surface area contributed by atoms with Crippen molar-refractivity contribution in [3.8, 4) is 0 Å². The molecule has 0 aliphatic rings. The molecule has 9 heteroatoms. The molecule has 1 N–H and O–H groups in total. The quantitative estimate of drug-likeness (QED) is 0.780. The molecular weight excluding hydrogens is 395 g/mol. The van der Waals surface area contributed by atoms with Gasteiger partial charge in [-0.2, -0.15) is 0 Å². The summed E-state index contributed by atoms with van der Waals surface area (Å²) in [6.07, 6.45) is 0. The lowest BCUT2D eigenvalue weighted by atomic mass is 10.3. The molecule has 2 aromatic rings. The van der Waals surface area contributed by atoms with Crippen molar-refractivity contribution in [1.82, 2.24) is 0 Å². The van der Waals surface area contributed by atoms with Crippen molar-refractivity contribution >= 4 is 43.2 Å². The highest BCUT2D eigenvalue weighted by Crippen LogP contribution is 2.28. The van der Waals surface area contributed by atoms with Gasteiger partial charge in [-0.15, -0.1) is 0 Å². The number of hydrogen-bond donors (Lipinski definition) is 1. The fourth-order valence-electron chi connectivity index (χ4n) is 1.45. The van der Waals surface area contributed by atoms with Crippen molar-refractivity contribution in [3.63, 3.8) is 0 Å². The van der Waals surface area contributed by atoms with E-state index in [9.17, 15) is 21.6 Å². The third kappa shape index (κ3) is 3.33. The molecule has 0 amide bonds. The van der Waals surface area contributed by atoms with E-state index in [1.54, 1.807) is 0 Å². The summed E-state index contributed by atoms with van der Waals surface area (Å²) >= 11 is 8.16. The minimum absolute atomic E-state index is 0.353. The van der Waals surface area contributed by atoms with E-state index in [1.807, 2.05) is 4.72 Å². The maximum Gasteiger partial charge on any atom is 0.262 e. The van der Waals surface area contributed by atoms with Crippen molar-refractivity contribution < 1.29 is 21.6 Å². The monoisotopic (exact) mass is 399 g/mol. The summed E-state index contributed by atoms with van der Waals surface area (Å²) in [7, 11) is -4.19. The van der Waals surface area contributed by atoms with Gasteiger partial charge in [0.1, 0.15) is 11.6 Å². The molecule has 0 unspecified atom stereocenters. The molecule has 0 aromatic heterocycles. The van der Waals surface area contributed by atoms with Crippen LogP contribution < -0.4 is 4.72 Å². The number of sulfonamides is 1. The lowest BCUT2D eigenvalue weighted by molar-refractivity contribution is 0.572. The fraction of sp³-hybridized carbons (Fsp3) is 0. The first-order valence-corrected chi connectivity index (χ1v) is 7.99. The van der Waals surface area contributed by atoms with E-state index in [1.165, 1.54) is 0 Å². The Morgan fingerprint density at radius 1 is 1.05 bits per heavy atom. The van der Waals surface area contributed by atoms with Gasteiger partial charge in [0.05, 0.1) is 20.1 Å². The van der Waals surface area contributed by atoms with Crippen molar-refractivity contribution in [2.45, 2.75) is 4.90 Å². The number of rotatable bonds is 3. The van der Waals surface area contributed by atoms with E-state index in [0.717, 1.165) is 30.3 Å². The molecule has 2 aromatic carbocycles. The van der Waals surface area contributed by atoms with Crippen LogP contribution in [-0.2, 0) is 10.0 Å². The molecule has 0 radical (unpaired) electrons. The van der Waals surface area contributed by atoms with Gasteiger partial charge in [0.25, 0.3) is 10.0 Å². The smallest absolute Gasteiger partial charge is 0.262 e. The molecule has 0 atom stereocenters. The number of benzene rings is 2. The second-order valence-corrected chi connectivity index (χ2v) is 6.79. The van der Waals surface area contributed by atoms with Crippen LogP contribution in [0, 0.1) is 17.5 Å². The Bertz CT molecular complexity index is 814. The number of anilines is 1. The van der Waals surface area contributed by atoms with Crippen LogP contribution in [0.5, 0.6) is 0 Å². The Morgan fingerprint density at radius 3 is 2.29 bits per heavy atom. The van der Waals surface area contributed by atoms with Crippen molar-refractivity contribution in [2.24, 2.45) is 0 Å². The molecule has 21 heavy (non-hydrogen) atoms. The minimum Gasteiger partial charge on any atom is -0.277 e. The first-order chi connectivity index (χ1) is 9.72. The third-order valence-electron chi connectivity index (χ3n) is 2.48. The number of halogens is 5. The Hall–Kier alpha value is -1.25. The molecule has 0 aliphatic carbocycles. The van der Waals surface area contributed by atoms with Crippen molar-refractivity contribution in [1.29, 1.82) is 0 Å². The Morgan fingerprint density at radius 2 is 1.67 bits per heavy atom. The largest absolute Gasteiger partial charge is 0.277 e. The van der Waals surface area contributed by atoms with Gasteiger partial charge in [0.2, 0.25) is 0 Å². The summed E-state index contributed by atoms with van der Waals surface area (Å²) in [4.78, 5) is -0.353. The summed E-state index contributed by atoms with van der Waals surface area (Å²) in [5.41, 5.74) is -0.455. The number of nitrogens with one attached hydrogen (secondary N) is 1. The summed E-state index contributed by atoms with van der Waals surface area (Å²) in [5.74, 6) is -2.77. The average molecular weight is 401 g/mol. The van der Waals surface area contributed by atoms with E-state index >= 15 is 0 Å². The standard InChI is InChI=1S/C12H6BrClF3NO2S/c13-11-9(16)3-4-10(12(11)17)18-21(19,20)6-1-2-8(15)7(14)5-6/h1-5,18H. The fourth-order valence-corrected chi connectivity index (χ4v) is 3.13. The normalized spacial score (nSPS) is 11.5. The highest BCUT2D eigenvalue weighted by Gasteiger charge is 2.20. The van der Waals surface area contributed by atoms with Crippen molar-refractivity contribution in [3.05, 3.63) is 57.3 Å². The minimum atomic E-state index is -4.19.